The van der Waals surface area contributed by atoms with Gasteiger partial charge in [0.25, 0.3) is 10.0 Å². The van der Waals surface area contributed by atoms with E-state index in [0.717, 1.165) is 27.4 Å². The van der Waals surface area contributed by atoms with Crippen molar-refractivity contribution in [2.75, 3.05) is 10.8 Å². The van der Waals surface area contributed by atoms with Gasteiger partial charge in [-0.05, 0) is 70.4 Å². The zero-order valence-electron chi connectivity index (χ0n) is 23.6. The molecule has 0 aliphatic heterocycles. The Balaban J connectivity index is 2.04. The molecule has 0 spiro atoms. The monoisotopic (exact) mass is 549 g/mol. The van der Waals surface area contributed by atoms with Crippen molar-refractivity contribution in [3.05, 3.63) is 95.1 Å². The van der Waals surface area contributed by atoms with Crippen molar-refractivity contribution in [1.29, 1.82) is 0 Å². The molecular formula is C31H39N3O4S. The molecule has 0 aromatic heterocycles. The Kier molecular flexibility index (Phi) is 9.92. The first kappa shape index (κ1) is 29.9. The maximum Gasteiger partial charge on any atom is 0.264 e. The smallest absolute Gasteiger partial charge is 0.264 e. The van der Waals surface area contributed by atoms with Crippen LogP contribution in [0.1, 0.15) is 49.4 Å². The van der Waals surface area contributed by atoms with E-state index in [-0.39, 0.29) is 23.4 Å². The molecule has 39 heavy (non-hydrogen) atoms. The maximum atomic E-state index is 14.0. The molecule has 3 rings (SSSR count). The lowest BCUT2D eigenvalue weighted by Gasteiger charge is -2.33. The number of sulfonamides is 1. The number of para-hydroxylation sites is 1. The first-order chi connectivity index (χ1) is 18.4. The highest BCUT2D eigenvalue weighted by Crippen LogP contribution is 2.27. The number of carbonyl (C=O) groups excluding carboxylic acids is 2. The van der Waals surface area contributed by atoms with Gasteiger partial charge in [0.1, 0.15) is 12.6 Å². The first-order valence-electron chi connectivity index (χ1n) is 13.2. The van der Waals surface area contributed by atoms with Crippen molar-refractivity contribution in [1.82, 2.24) is 10.2 Å². The first-order valence-corrected chi connectivity index (χ1v) is 14.7. The fraction of sp³-hybridized carbons (Fsp3) is 0.355. The molecular weight excluding hydrogens is 510 g/mol. The summed E-state index contributed by atoms with van der Waals surface area (Å²) in [6.07, 6.45) is 0.750. The van der Waals surface area contributed by atoms with Gasteiger partial charge in [-0.15, -0.1) is 0 Å². The minimum Gasteiger partial charge on any atom is -0.352 e. The van der Waals surface area contributed by atoms with Crippen molar-refractivity contribution in [3.63, 3.8) is 0 Å². The predicted molar refractivity (Wildman–Crippen MR) is 156 cm³/mol. The van der Waals surface area contributed by atoms with Crippen molar-refractivity contribution >= 4 is 27.5 Å². The summed E-state index contributed by atoms with van der Waals surface area (Å²) in [5.74, 6) is -0.753. The lowest BCUT2D eigenvalue weighted by Crippen LogP contribution is -2.52. The Morgan fingerprint density at radius 2 is 1.54 bits per heavy atom. The van der Waals surface area contributed by atoms with Crippen LogP contribution in [-0.4, -0.2) is 43.8 Å². The van der Waals surface area contributed by atoms with Gasteiger partial charge in [-0.3, -0.25) is 13.9 Å². The standard InChI is InChI=1S/C31H39N3O4S/c1-7-25(5)32-31(36)26(6)33(20-27-13-10-11-23(3)19-27)30(35)21-34(29-14-9-8-12-24(29)4)39(37,38)28-17-15-22(2)16-18-28/h8-19,25-26H,7,20-21H2,1-6H3,(H,32,36). The molecule has 8 heteroatoms. The van der Waals surface area contributed by atoms with Crippen LogP contribution in [0.5, 0.6) is 0 Å². The number of rotatable bonds is 11. The summed E-state index contributed by atoms with van der Waals surface area (Å²) in [6.45, 7) is 10.9. The fourth-order valence-electron chi connectivity index (χ4n) is 4.25. The highest BCUT2D eigenvalue weighted by molar-refractivity contribution is 7.92. The molecule has 2 unspecified atom stereocenters. The molecule has 0 radical (unpaired) electrons. The van der Waals surface area contributed by atoms with Crippen LogP contribution in [0.3, 0.4) is 0 Å². The zero-order chi connectivity index (χ0) is 28.7. The van der Waals surface area contributed by atoms with Crippen molar-refractivity contribution in [2.45, 2.75) is 71.5 Å². The Morgan fingerprint density at radius 1 is 0.872 bits per heavy atom. The molecule has 0 heterocycles. The predicted octanol–water partition coefficient (Wildman–Crippen LogP) is 5.14. The number of amides is 2. The van der Waals surface area contributed by atoms with Crippen LogP contribution < -0.4 is 9.62 Å². The number of carbonyl (C=O) groups is 2. The zero-order valence-corrected chi connectivity index (χ0v) is 24.5. The Morgan fingerprint density at radius 3 is 2.15 bits per heavy atom. The summed E-state index contributed by atoms with van der Waals surface area (Å²) in [4.78, 5) is 28.7. The fourth-order valence-corrected chi connectivity index (χ4v) is 5.73. The number of nitrogens with one attached hydrogen (secondary N) is 1. The van der Waals surface area contributed by atoms with Crippen LogP contribution >= 0.6 is 0 Å². The number of aryl methyl sites for hydroxylation is 3. The van der Waals surface area contributed by atoms with Gasteiger partial charge in [-0.25, -0.2) is 8.42 Å². The van der Waals surface area contributed by atoms with E-state index in [1.807, 2.05) is 71.0 Å². The number of benzene rings is 3. The lowest BCUT2D eigenvalue weighted by atomic mass is 10.1. The van der Waals surface area contributed by atoms with E-state index in [0.29, 0.717) is 11.3 Å². The topological polar surface area (TPSA) is 86.8 Å². The molecule has 0 aliphatic rings. The van der Waals surface area contributed by atoms with Crippen LogP contribution in [0.4, 0.5) is 5.69 Å². The van der Waals surface area contributed by atoms with Gasteiger partial charge in [0.05, 0.1) is 10.6 Å². The Bertz CT molecular complexity index is 1400. The quantitative estimate of drug-likeness (QED) is 0.359. The van der Waals surface area contributed by atoms with E-state index < -0.39 is 28.5 Å². The number of hydrogen-bond donors (Lipinski definition) is 1. The molecule has 7 nitrogen and oxygen atoms in total. The minimum absolute atomic E-state index is 0.0544. The maximum absolute atomic E-state index is 14.0. The largest absolute Gasteiger partial charge is 0.352 e. The van der Waals surface area contributed by atoms with Crippen LogP contribution in [0, 0.1) is 20.8 Å². The van der Waals surface area contributed by atoms with Gasteiger partial charge in [-0.1, -0.05) is 72.6 Å². The van der Waals surface area contributed by atoms with Crippen molar-refractivity contribution < 1.29 is 18.0 Å². The van der Waals surface area contributed by atoms with E-state index in [1.54, 1.807) is 43.3 Å². The van der Waals surface area contributed by atoms with Crippen LogP contribution in [0.2, 0.25) is 0 Å². The highest BCUT2D eigenvalue weighted by Gasteiger charge is 2.33. The highest BCUT2D eigenvalue weighted by atomic mass is 32.2. The molecule has 2 atom stereocenters. The summed E-state index contributed by atoms with van der Waals surface area (Å²) < 4.78 is 29.0. The molecule has 0 saturated heterocycles. The van der Waals surface area contributed by atoms with Crippen LogP contribution in [-0.2, 0) is 26.2 Å². The van der Waals surface area contributed by atoms with E-state index in [1.165, 1.54) is 4.90 Å². The van der Waals surface area contributed by atoms with E-state index in [2.05, 4.69) is 5.32 Å². The molecule has 0 bridgehead atoms. The number of nitrogens with zero attached hydrogens (tertiary/aromatic N) is 2. The van der Waals surface area contributed by atoms with Gasteiger partial charge in [0, 0.05) is 12.6 Å². The third-order valence-corrected chi connectivity index (χ3v) is 8.65. The minimum atomic E-state index is -4.09. The summed E-state index contributed by atoms with van der Waals surface area (Å²) in [6, 6.07) is 20.5. The van der Waals surface area contributed by atoms with Crippen LogP contribution in [0.25, 0.3) is 0 Å². The lowest BCUT2D eigenvalue weighted by molar-refractivity contribution is -0.139. The third kappa shape index (κ3) is 7.47. The molecule has 3 aromatic rings. The second kappa shape index (κ2) is 12.9. The van der Waals surface area contributed by atoms with E-state index in [9.17, 15) is 18.0 Å². The number of anilines is 1. The summed E-state index contributed by atoms with van der Waals surface area (Å²) in [5.41, 5.74) is 3.95. The van der Waals surface area contributed by atoms with Gasteiger partial charge in [0.2, 0.25) is 11.8 Å². The van der Waals surface area contributed by atoms with E-state index >= 15 is 0 Å². The van der Waals surface area contributed by atoms with Crippen molar-refractivity contribution in [2.24, 2.45) is 0 Å². The Labute approximate surface area is 232 Å². The molecule has 3 aromatic carbocycles. The summed E-state index contributed by atoms with van der Waals surface area (Å²) >= 11 is 0. The van der Waals surface area contributed by atoms with Crippen LogP contribution in [0.15, 0.2) is 77.7 Å². The normalized spacial score (nSPS) is 12.9. The molecule has 0 aliphatic carbocycles. The average Bonchev–Trinajstić information content (AvgIpc) is 2.90. The van der Waals surface area contributed by atoms with Gasteiger partial charge in [0.15, 0.2) is 0 Å². The van der Waals surface area contributed by atoms with Gasteiger partial charge in [-0.2, -0.15) is 0 Å². The summed E-state index contributed by atoms with van der Waals surface area (Å²) in [5, 5.41) is 2.95. The Hall–Kier alpha value is -3.65. The third-order valence-electron chi connectivity index (χ3n) is 6.88. The molecule has 2 amide bonds. The SMILES string of the molecule is CCC(C)NC(=O)C(C)N(Cc1cccc(C)c1)C(=O)CN(c1ccccc1C)S(=O)(=O)c1ccc(C)cc1. The summed E-state index contributed by atoms with van der Waals surface area (Å²) in [7, 11) is -4.09. The molecule has 0 fully saturated rings. The molecule has 1 N–H and O–H groups in total. The number of hydrogen-bond acceptors (Lipinski definition) is 4. The second-order valence-corrected chi connectivity index (χ2v) is 12.0. The van der Waals surface area contributed by atoms with E-state index in [4.69, 9.17) is 0 Å². The molecule has 208 valence electrons. The average molecular weight is 550 g/mol. The van der Waals surface area contributed by atoms with Gasteiger partial charge >= 0.3 is 0 Å². The second-order valence-electron chi connectivity index (χ2n) is 10.1. The van der Waals surface area contributed by atoms with Gasteiger partial charge < -0.3 is 10.2 Å². The van der Waals surface area contributed by atoms with Crippen molar-refractivity contribution in [3.8, 4) is 0 Å². The molecule has 0 saturated carbocycles.